The Balaban J connectivity index is 2.22. The molecule has 0 atom stereocenters. The summed E-state index contributed by atoms with van der Waals surface area (Å²) in [6.07, 6.45) is 3.31. The van der Waals surface area contributed by atoms with E-state index in [0.29, 0.717) is 15.8 Å². The molecule has 0 saturated heterocycles. The van der Waals surface area contributed by atoms with Crippen molar-refractivity contribution in [3.63, 3.8) is 0 Å². The Labute approximate surface area is 131 Å². The first-order chi connectivity index (χ1) is 9.69. The van der Waals surface area contributed by atoms with Gasteiger partial charge < -0.3 is 14.8 Å². The zero-order valence-corrected chi connectivity index (χ0v) is 13.7. The average Bonchev–Trinajstić information content (AvgIpc) is 2.41. The van der Waals surface area contributed by atoms with Gasteiger partial charge in [-0.25, -0.2) is 0 Å². The molecule has 114 valence electrons. The van der Waals surface area contributed by atoms with E-state index in [1.165, 1.54) is 6.42 Å². The predicted molar refractivity (Wildman–Crippen MR) is 85.1 cm³/mol. The highest BCUT2D eigenvalue weighted by atomic mass is 35.5. The van der Waals surface area contributed by atoms with Crippen LogP contribution in [0.25, 0.3) is 0 Å². The molecule has 1 rings (SSSR count). The Morgan fingerprint density at radius 1 is 1.10 bits per heavy atom. The number of halogens is 2. The van der Waals surface area contributed by atoms with E-state index in [1.807, 2.05) is 12.1 Å². The van der Waals surface area contributed by atoms with Gasteiger partial charge in [0.2, 0.25) is 0 Å². The third-order valence-electron chi connectivity index (χ3n) is 2.88. The topological polar surface area (TPSA) is 30.5 Å². The number of hydrogen-bond donors (Lipinski definition) is 1. The first-order valence-electron chi connectivity index (χ1n) is 6.99. The second-order valence-corrected chi connectivity index (χ2v) is 5.40. The molecule has 0 saturated carbocycles. The molecular weight excluding hydrogens is 297 g/mol. The lowest BCUT2D eigenvalue weighted by Gasteiger charge is -2.10. The normalized spacial score (nSPS) is 10.8. The SMILES string of the molecule is CCCCOCCCNCc1cc(Cl)c(OC)c(Cl)c1. The second kappa shape index (κ2) is 10.3. The number of hydrogen-bond acceptors (Lipinski definition) is 3. The van der Waals surface area contributed by atoms with Gasteiger partial charge in [-0.2, -0.15) is 0 Å². The molecule has 1 aromatic carbocycles. The van der Waals surface area contributed by atoms with E-state index in [2.05, 4.69) is 12.2 Å². The Kier molecular flexibility index (Phi) is 9.03. The zero-order chi connectivity index (χ0) is 14.8. The predicted octanol–water partition coefficient (Wildman–Crippen LogP) is 4.30. The van der Waals surface area contributed by atoms with Crippen LogP contribution in [0.1, 0.15) is 31.7 Å². The molecule has 0 amide bonds. The van der Waals surface area contributed by atoms with Crippen molar-refractivity contribution in [2.24, 2.45) is 0 Å². The van der Waals surface area contributed by atoms with Crippen LogP contribution < -0.4 is 10.1 Å². The molecule has 20 heavy (non-hydrogen) atoms. The number of nitrogens with one attached hydrogen (secondary N) is 1. The minimum atomic E-state index is 0.529. The van der Waals surface area contributed by atoms with Crippen LogP contribution in [-0.4, -0.2) is 26.9 Å². The number of ether oxygens (including phenoxy) is 2. The minimum Gasteiger partial charge on any atom is -0.494 e. The summed E-state index contributed by atoms with van der Waals surface area (Å²) in [4.78, 5) is 0. The molecule has 0 radical (unpaired) electrons. The van der Waals surface area contributed by atoms with Gasteiger partial charge in [0.25, 0.3) is 0 Å². The Bertz CT molecular complexity index is 376. The van der Waals surface area contributed by atoms with E-state index in [0.717, 1.165) is 44.7 Å². The van der Waals surface area contributed by atoms with Crippen LogP contribution in [0.15, 0.2) is 12.1 Å². The van der Waals surface area contributed by atoms with Gasteiger partial charge in [0.1, 0.15) is 0 Å². The number of benzene rings is 1. The zero-order valence-electron chi connectivity index (χ0n) is 12.2. The van der Waals surface area contributed by atoms with Crippen LogP contribution in [0.2, 0.25) is 10.0 Å². The lowest BCUT2D eigenvalue weighted by molar-refractivity contribution is 0.129. The molecule has 0 aliphatic carbocycles. The maximum atomic E-state index is 6.09. The molecule has 5 heteroatoms. The van der Waals surface area contributed by atoms with Crippen molar-refractivity contribution in [2.75, 3.05) is 26.9 Å². The molecular formula is C15H23Cl2NO2. The number of methoxy groups -OCH3 is 1. The maximum absolute atomic E-state index is 6.09. The second-order valence-electron chi connectivity index (χ2n) is 4.59. The average molecular weight is 320 g/mol. The fraction of sp³-hybridized carbons (Fsp3) is 0.600. The first kappa shape index (κ1) is 17.6. The standard InChI is InChI=1S/C15H23Cl2NO2/c1-3-4-7-20-8-5-6-18-11-12-9-13(16)15(19-2)14(17)10-12/h9-10,18H,3-8,11H2,1-2H3. The third kappa shape index (κ3) is 6.31. The van der Waals surface area contributed by atoms with E-state index in [9.17, 15) is 0 Å². The smallest absolute Gasteiger partial charge is 0.156 e. The summed E-state index contributed by atoms with van der Waals surface area (Å²) in [6, 6.07) is 3.74. The molecule has 3 nitrogen and oxygen atoms in total. The summed E-state index contributed by atoms with van der Waals surface area (Å²) in [5.41, 5.74) is 1.05. The quantitative estimate of drug-likeness (QED) is 0.652. The maximum Gasteiger partial charge on any atom is 0.156 e. The van der Waals surface area contributed by atoms with Crippen LogP contribution in [0, 0.1) is 0 Å². The van der Waals surface area contributed by atoms with Crippen molar-refractivity contribution in [2.45, 2.75) is 32.7 Å². The molecule has 1 aromatic rings. The molecule has 0 aromatic heterocycles. The van der Waals surface area contributed by atoms with Crippen molar-refractivity contribution in [1.29, 1.82) is 0 Å². The Morgan fingerprint density at radius 3 is 2.35 bits per heavy atom. The summed E-state index contributed by atoms with van der Waals surface area (Å²) < 4.78 is 10.6. The molecule has 1 N–H and O–H groups in total. The third-order valence-corrected chi connectivity index (χ3v) is 3.44. The van der Waals surface area contributed by atoms with Crippen molar-refractivity contribution >= 4 is 23.2 Å². The van der Waals surface area contributed by atoms with Crippen LogP contribution in [0.4, 0.5) is 0 Å². The minimum absolute atomic E-state index is 0.529. The highest BCUT2D eigenvalue weighted by Crippen LogP contribution is 2.33. The van der Waals surface area contributed by atoms with Gasteiger partial charge in [0.05, 0.1) is 17.2 Å². The van der Waals surface area contributed by atoms with Crippen molar-refractivity contribution in [3.05, 3.63) is 27.7 Å². The van der Waals surface area contributed by atoms with Gasteiger partial charge in [-0.15, -0.1) is 0 Å². The molecule has 0 aliphatic rings. The largest absolute Gasteiger partial charge is 0.494 e. The van der Waals surface area contributed by atoms with Gasteiger partial charge in [0, 0.05) is 19.8 Å². The van der Waals surface area contributed by atoms with E-state index in [1.54, 1.807) is 7.11 Å². The van der Waals surface area contributed by atoms with Gasteiger partial charge in [-0.3, -0.25) is 0 Å². The number of rotatable bonds is 10. The van der Waals surface area contributed by atoms with E-state index >= 15 is 0 Å². The molecule has 0 unspecified atom stereocenters. The molecule has 0 fully saturated rings. The van der Waals surface area contributed by atoms with Gasteiger partial charge in [-0.05, 0) is 37.1 Å². The molecule has 0 heterocycles. The van der Waals surface area contributed by atoms with Gasteiger partial charge in [-0.1, -0.05) is 36.5 Å². The number of unbranched alkanes of at least 4 members (excludes halogenated alkanes) is 1. The molecule has 0 spiro atoms. The van der Waals surface area contributed by atoms with Crippen LogP contribution in [-0.2, 0) is 11.3 Å². The van der Waals surface area contributed by atoms with E-state index in [-0.39, 0.29) is 0 Å². The van der Waals surface area contributed by atoms with Crippen molar-refractivity contribution < 1.29 is 9.47 Å². The Morgan fingerprint density at radius 2 is 1.75 bits per heavy atom. The van der Waals surface area contributed by atoms with Crippen LogP contribution >= 0.6 is 23.2 Å². The van der Waals surface area contributed by atoms with Gasteiger partial charge >= 0.3 is 0 Å². The van der Waals surface area contributed by atoms with Crippen molar-refractivity contribution in [1.82, 2.24) is 5.32 Å². The van der Waals surface area contributed by atoms with Crippen LogP contribution in [0.5, 0.6) is 5.75 Å². The molecule has 0 aliphatic heterocycles. The van der Waals surface area contributed by atoms with Crippen LogP contribution in [0.3, 0.4) is 0 Å². The first-order valence-corrected chi connectivity index (χ1v) is 7.75. The monoisotopic (exact) mass is 319 g/mol. The highest BCUT2D eigenvalue weighted by molar-refractivity contribution is 6.37. The van der Waals surface area contributed by atoms with E-state index < -0.39 is 0 Å². The highest BCUT2D eigenvalue weighted by Gasteiger charge is 2.08. The Hall–Kier alpha value is -0.480. The summed E-state index contributed by atoms with van der Waals surface area (Å²) in [5, 5.41) is 4.43. The summed E-state index contributed by atoms with van der Waals surface area (Å²) in [5.74, 6) is 0.529. The lowest BCUT2D eigenvalue weighted by atomic mass is 10.2. The lowest BCUT2D eigenvalue weighted by Crippen LogP contribution is -2.16. The van der Waals surface area contributed by atoms with E-state index in [4.69, 9.17) is 32.7 Å². The fourth-order valence-electron chi connectivity index (χ4n) is 1.79. The summed E-state index contributed by atoms with van der Waals surface area (Å²) in [7, 11) is 1.56. The van der Waals surface area contributed by atoms with Crippen molar-refractivity contribution in [3.8, 4) is 5.75 Å². The summed E-state index contributed by atoms with van der Waals surface area (Å²) in [6.45, 7) is 5.47. The fourth-order valence-corrected chi connectivity index (χ4v) is 2.48. The van der Waals surface area contributed by atoms with Gasteiger partial charge in [0.15, 0.2) is 5.75 Å². The summed E-state index contributed by atoms with van der Waals surface area (Å²) >= 11 is 12.2. The molecule has 0 bridgehead atoms.